The van der Waals surface area contributed by atoms with Crippen LogP contribution in [0, 0.1) is 0 Å². The SMILES string of the molecule is COC(=O)c1cnc(NC2CC2)[nH]c1=O. The predicted octanol–water partition coefficient (Wildman–Crippen LogP) is 0.131. The van der Waals surface area contributed by atoms with Gasteiger partial charge < -0.3 is 10.1 Å². The Kier molecular flexibility index (Phi) is 2.40. The lowest BCUT2D eigenvalue weighted by atomic mass is 10.3. The van der Waals surface area contributed by atoms with Crippen molar-refractivity contribution in [2.45, 2.75) is 18.9 Å². The van der Waals surface area contributed by atoms with Gasteiger partial charge in [-0.1, -0.05) is 0 Å². The molecule has 6 nitrogen and oxygen atoms in total. The topological polar surface area (TPSA) is 84.1 Å². The molecule has 0 bridgehead atoms. The molecule has 0 aromatic carbocycles. The number of rotatable bonds is 3. The number of hydrogen-bond donors (Lipinski definition) is 2. The van der Waals surface area contributed by atoms with Gasteiger partial charge in [-0.2, -0.15) is 0 Å². The van der Waals surface area contributed by atoms with E-state index in [1.54, 1.807) is 0 Å². The summed E-state index contributed by atoms with van der Waals surface area (Å²) in [6, 6.07) is 0.400. The fraction of sp³-hybridized carbons (Fsp3) is 0.444. The molecule has 2 N–H and O–H groups in total. The molecule has 0 aliphatic heterocycles. The lowest BCUT2D eigenvalue weighted by Gasteiger charge is -2.03. The maximum Gasteiger partial charge on any atom is 0.345 e. The molecule has 0 unspecified atom stereocenters. The average Bonchev–Trinajstić information content (AvgIpc) is 3.01. The van der Waals surface area contributed by atoms with Crippen LogP contribution in [0.3, 0.4) is 0 Å². The number of aromatic nitrogens is 2. The van der Waals surface area contributed by atoms with Crippen LogP contribution in [0.15, 0.2) is 11.0 Å². The number of carbonyl (C=O) groups is 1. The Morgan fingerprint density at radius 2 is 2.40 bits per heavy atom. The third-order valence-corrected chi connectivity index (χ3v) is 2.12. The Morgan fingerprint density at radius 3 is 2.93 bits per heavy atom. The molecule has 1 aromatic rings. The van der Waals surface area contributed by atoms with Crippen LogP contribution in [-0.4, -0.2) is 29.1 Å². The zero-order valence-corrected chi connectivity index (χ0v) is 8.24. The van der Waals surface area contributed by atoms with Gasteiger partial charge in [-0.05, 0) is 12.8 Å². The maximum absolute atomic E-state index is 11.4. The van der Waals surface area contributed by atoms with E-state index in [0.29, 0.717) is 12.0 Å². The minimum absolute atomic E-state index is 0.0844. The highest BCUT2D eigenvalue weighted by Crippen LogP contribution is 2.22. The van der Waals surface area contributed by atoms with Crippen LogP contribution in [0.5, 0.6) is 0 Å². The highest BCUT2D eigenvalue weighted by atomic mass is 16.5. The molecule has 0 amide bonds. The first-order valence-corrected chi connectivity index (χ1v) is 4.65. The van der Waals surface area contributed by atoms with Crippen LogP contribution in [-0.2, 0) is 4.74 Å². The largest absolute Gasteiger partial charge is 0.465 e. The molecule has 2 rings (SSSR count). The lowest BCUT2D eigenvalue weighted by Crippen LogP contribution is -2.21. The summed E-state index contributed by atoms with van der Waals surface area (Å²) in [5.41, 5.74) is -0.571. The van der Waals surface area contributed by atoms with Crippen molar-refractivity contribution < 1.29 is 9.53 Å². The molecule has 1 heterocycles. The highest BCUT2D eigenvalue weighted by molar-refractivity contribution is 5.88. The Bertz CT molecular complexity index is 436. The molecule has 1 aromatic heterocycles. The number of hydrogen-bond acceptors (Lipinski definition) is 5. The molecule has 1 aliphatic rings. The lowest BCUT2D eigenvalue weighted by molar-refractivity contribution is 0.0598. The summed E-state index contributed by atoms with van der Waals surface area (Å²) < 4.78 is 4.43. The van der Waals surface area contributed by atoms with Crippen molar-refractivity contribution in [1.82, 2.24) is 9.97 Å². The number of H-pyrrole nitrogens is 1. The van der Waals surface area contributed by atoms with Gasteiger partial charge in [0, 0.05) is 6.04 Å². The number of carbonyl (C=O) groups excluding carboxylic acids is 1. The maximum atomic E-state index is 11.4. The van der Waals surface area contributed by atoms with Crippen LogP contribution in [0.4, 0.5) is 5.95 Å². The van der Waals surface area contributed by atoms with Crippen molar-refractivity contribution in [2.75, 3.05) is 12.4 Å². The molecule has 80 valence electrons. The molecule has 6 heteroatoms. The molecule has 1 aliphatic carbocycles. The first-order valence-electron chi connectivity index (χ1n) is 4.65. The summed E-state index contributed by atoms with van der Waals surface area (Å²) in [5, 5.41) is 3.02. The van der Waals surface area contributed by atoms with Crippen molar-refractivity contribution >= 4 is 11.9 Å². The molecular weight excluding hydrogens is 198 g/mol. The summed E-state index contributed by atoms with van der Waals surface area (Å²) >= 11 is 0. The van der Waals surface area contributed by atoms with Crippen LogP contribution < -0.4 is 10.9 Å². The van der Waals surface area contributed by atoms with E-state index in [1.807, 2.05) is 0 Å². The predicted molar refractivity (Wildman–Crippen MR) is 52.8 cm³/mol. The number of esters is 1. The van der Waals surface area contributed by atoms with E-state index < -0.39 is 11.5 Å². The molecule has 0 spiro atoms. The van der Waals surface area contributed by atoms with Gasteiger partial charge in [0.15, 0.2) is 0 Å². The molecule has 1 fully saturated rings. The normalized spacial score (nSPS) is 14.7. The second-order valence-electron chi connectivity index (χ2n) is 3.38. The molecule has 1 saturated carbocycles. The van der Waals surface area contributed by atoms with E-state index in [0.717, 1.165) is 12.8 Å². The van der Waals surface area contributed by atoms with Gasteiger partial charge in [-0.3, -0.25) is 9.78 Å². The average molecular weight is 209 g/mol. The van der Waals surface area contributed by atoms with Gasteiger partial charge >= 0.3 is 5.97 Å². The molecule has 0 atom stereocenters. The van der Waals surface area contributed by atoms with E-state index in [1.165, 1.54) is 13.3 Å². The van der Waals surface area contributed by atoms with E-state index in [9.17, 15) is 9.59 Å². The summed E-state index contributed by atoms with van der Waals surface area (Å²) in [6.07, 6.45) is 3.39. The third kappa shape index (κ3) is 2.15. The molecule has 15 heavy (non-hydrogen) atoms. The Hall–Kier alpha value is -1.85. The van der Waals surface area contributed by atoms with Crippen LogP contribution in [0.25, 0.3) is 0 Å². The zero-order valence-electron chi connectivity index (χ0n) is 8.24. The van der Waals surface area contributed by atoms with Gasteiger partial charge in [-0.25, -0.2) is 9.78 Å². The standard InChI is InChI=1S/C9H11N3O3/c1-15-8(14)6-4-10-9(12-7(6)13)11-5-2-3-5/h4-5H,2-3H2,1H3,(H2,10,11,12,13). The van der Waals surface area contributed by atoms with Gasteiger partial charge in [-0.15, -0.1) is 0 Å². The smallest absolute Gasteiger partial charge is 0.345 e. The Balaban J connectivity index is 2.21. The van der Waals surface area contributed by atoms with Crippen LogP contribution in [0.1, 0.15) is 23.2 Å². The molecular formula is C9H11N3O3. The Morgan fingerprint density at radius 1 is 1.67 bits per heavy atom. The molecule has 0 saturated heterocycles. The van der Waals surface area contributed by atoms with Gasteiger partial charge in [0.25, 0.3) is 5.56 Å². The summed E-state index contributed by atoms with van der Waals surface area (Å²) in [6.45, 7) is 0. The number of anilines is 1. The van der Waals surface area contributed by atoms with Crippen LogP contribution in [0.2, 0.25) is 0 Å². The monoisotopic (exact) mass is 209 g/mol. The third-order valence-electron chi connectivity index (χ3n) is 2.12. The van der Waals surface area contributed by atoms with E-state index in [2.05, 4.69) is 20.0 Å². The second kappa shape index (κ2) is 3.72. The number of aromatic amines is 1. The fourth-order valence-corrected chi connectivity index (χ4v) is 1.14. The van der Waals surface area contributed by atoms with Gasteiger partial charge in [0.1, 0.15) is 5.56 Å². The van der Waals surface area contributed by atoms with Crippen LogP contribution >= 0.6 is 0 Å². The Labute approximate surface area is 85.7 Å². The summed E-state index contributed by atoms with van der Waals surface area (Å²) in [7, 11) is 1.22. The number of nitrogens with one attached hydrogen (secondary N) is 2. The second-order valence-corrected chi connectivity index (χ2v) is 3.38. The van der Waals surface area contributed by atoms with Crippen molar-refractivity contribution in [2.24, 2.45) is 0 Å². The highest BCUT2D eigenvalue weighted by Gasteiger charge is 2.22. The van der Waals surface area contributed by atoms with Gasteiger partial charge in [0.2, 0.25) is 5.95 Å². The van der Waals surface area contributed by atoms with Crippen molar-refractivity contribution in [1.29, 1.82) is 0 Å². The minimum Gasteiger partial charge on any atom is -0.465 e. The van der Waals surface area contributed by atoms with Crippen molar-refractivity contribution in [3.8, 4) is 0 Å². The zero-order chi connectivity index (χ0) is 10.8. The first kappa shape index (κ1) is 9.70. The van der Waals surface area contributed by atoms with E-state index in [4.69, 9.17) is 0 Å². The van der Waals surface area contributed by atoms with E-state index >= 15 is 0 Å². The first-order chi connectivity index (χ1) is 7.20. The minimum atomic E-state index is -0.679. The van der Waals surface area contributed by atoms with Gasteiger partial charge in [0.05, 0.1) is 13.3 Å². The summed E-state index contributed by atoms with van der Waals surface area (Å²) in [4.78, 5) is 28.9. The number of ether oxygens (including phenoxy) is 1. The fourth-order valence-electron chi connectivity index (χ4n) is 1.14. The van der Waals surface area contributed by atoms with E-state index in [-0.39, 0.29) is 5.56 Å². The number of nitrogens with zero attached hydrogens (tertiary/aromatic N) is 1. The number of methoxy groups -OCH3 is 1. The van der Waals surface area contributed by atoms with Crippen molar-refractivity contribution in [3.05, 3.63) is 22.1 Å². The molecule has 0 radical (unpaired) electrons. The quantitative estimate of drug-likeness (QED) is 0.691. The summed E-state index contributed by atoms with van der Waals surface area (Å²) in [5.74, 6) is -0.281. The van der Waals surface area contributed by atoms with Crippen molar-refractivity contribution in [3.63, 3.8) is 0 Å².